The number of rotatable bonds is 3. The van der Waals surface area contributed by atoms with Crippen molar-refractivity contribution in [3.05, 3.63) is 28.8 Å². The summed E-state index contributed by atoms with van der Waals surface area (Å²) in [7, 11) is 1.57. The molecule has 0 amide bonds. The van der Waals surface area contributed by atoms with Gasteiger partial charge in [0, 0.05) is 0 Å². The van der Waals surface area contributed by atoms with Crippen molar-refractivity contribution >= 4 is 5.78 Å². The van der Waals surface area contributed by atoms with Crippen LogP contribution in [0.4, 0.5) is 0 Å². The molecular weight excluding hydrogens is 202 g/mol. The van der Waals surface area contributed by atoms with Crippen LogP contribution in [0.2, 0.25) is 0 Å². The average Bonchev–Trinajstić information content (AvgIpc) is 2.19. The fourth-order valence-electron chi connectivity index (χ4n) is 1.58. The largest absolute Gasteiger partial charge is 0.496 e. The predicted octanol–water partition coefficient (Wildman–Crippen LogP) is 2.23. The molecule has 0 aliphatic heterocycles. The Kier molecular flexibility index (Phi) is 3.38. The number of hydrogen-bond acceptors (Lipinski definition) is 3. The molecule has 0 unspecified atom stereocenters. The maximum atomic E-state index is 12.1. The van der Waals surface area contributed by atoms with Crippen molar-refractivity contribution in [3.8, 4) is 5.75 Å². The highest BCUT2D eigenvalue weighted by Crippen LogP contribution is 2.28. The number of ether oxygens (including phenoxy) is 1. The summed E-state index contributed by atoms with van der Waals surface area (Å²) in [4.78, 5) is 12.1. The van der Waals surface area contributed by atoms with Gasteiger partial charge in [-0.25, -0.2) is 0 Å². The van der Waals surface area contributed by atoms with E-state index in [2.05, 4.69) is 0 Å². The van der Waals surface area contributed by atoms with Gasteiger partial charge < -0.3 is 10.5 Å². The molecule has 1 rings (SSSR count). The van der Waals surface area contributed by atoms with E-state index in [-0.39, 0.29) is 5.78 Å². The Morgan fingerprint density at radius 1 is 1.31 bits per heavy atom. The van der Waals surface area contributed by atoms with E-state index in [4.69, 9.17) is 10.5 Å². The lowest BCUT2D eigenvalue weighted by Gasteiger charge is -2.20. The Morgan fingerprint density at radius 3 is 2.31 bits per heavy atom. The van der Waals surface area contributed by atoms with Crippen molar-refractivity contribution in [1.29, 1.82) is 0 Å². The van der Waals surface area contributed by atoms with Gasteiger partial charge in [-0.15, -0.1) is 0 Å². The van der Waals surface area contributed by atoms with Crippen LogP contribution < -0.4 is 10.5 Å². The van der Waals surface area contributed by atoms with E-state index < -0.39 is 5.54 Å². The topological polar surface area (TPSA) is 52.3 Å². The highest BCUT2D eigenvalue weighted by molar-refractivity contribution is 6.05. The first kappa shape index (κ1) is 12.7. The van der Waals surface area contributed by atoms with Crippen LogP contribution in [0.25, 0.3) is 0 Å². The number of methoxy groups -OCH3 is 1. The molecule has 0 heterocycles. The zero-order valence-electron chi connectivity index (χ0n) is 10.5. The quantitative estimate of drug-likeness (QED) is 0.796. The first-order valence-electron chi connectivity index (χ1n) is 5.27. The number of ketones is 1. The lowest BCUT2D eigenvalue weighted by atomic mass is 9.91. The molecule has 0 bridgehead atoms. The Balaban J connectivity index is 3.36. The third kappa shape index (κ3) is 2.25. The second-order valence-corrected chi connectivity index (χ2v) is 4.64. The highest BCUT2D eigenvalue weighted by Gasteiger charge is 2.27. The minimum absolute atomic E-state index is 0.104. The van der Waals surface area contributed by atoms with Gasteiger partial charge >= 0.3 is 0 Å². The third-order valence-corrected chi connectivity index (χ3v) is 2.71. The maximum Gasteiger partial charge on any atom is 0.185 e. The molecule has 16 heavy (non-hydrogen) atoms. The number of aryl methyl sites for hydroxylation is 1. The van der Waals surface area contributed by atoms with E-state index in [0.29, 0.717) is 11.3 Å². The minimum atomic E-state index is -0.880. The molecule has 0 spiro atoms. The van der Waals surface area contributed by atoms with Crippen LogP contribution in [0.1, 0.15) is 35.3 Å². The van der Waals surface area contributed by atoms with Crippen molar-refractivity contribution < 1.29 is 9.53 Å². The molecule has 2 N–H and O–H groups in total. The van der Waals surface area contributed by atoms with Crippen LogP contribution in [-0.2, 0) is 0 Å². The average molecular weight is 221 g/mol. The lowest BCUT2D eigenvalue weighted by Crippen LogP contribution is -2.41. The molecule has 0 aliphatic rings. The zero-order valence-corrected chi connectivity index (χ0v) is 10.5. The van der Waals surface area contributed by atoms with Crippen LogP contribution in [0.15, 0.2) is 12.1 Å². The smallest absolute Gasteiger partial charge is 0.185 e. The molecule has 88 valence electrons. The van der Waals surface area contributed by atoms with Crippen molar-refractivity contribution in [1.82, 2.24) is 0 Å². The van der Waals surface area contributed by atoms with Gasteiger partial charge in [-0.1, -0.05) is 6.07 Å². The SMILES string of the molecule is COc1c(C(=O)C(C)(C)N)ccc(C)c1C. The molecule has 3 nitrogen and oxygen atoms in total. The van der Waals surface area contributed by atoms with E-state index in [1.165, 1.54) is 0 Å². The molecule has 0 aromatic heterocycles. The van der Waals surface area contributed by atoms with Crippen LogP contribution in [-0.4, -0.2) is 18.4 Å². The minimum Gasteiger partial charge on any atom is -0.496 e. The maximum absolute atomic E-state index is 12.1. The summed E-state index contributed by atoms with van der Waals surface area (Å²) in [6, 6.07) is 3.69. The molecule has 3 heteroatoms. The third-order valence-electron chi connectivity index (χ3n) is 2.71. The number of Topliss-reactive ketones (excluding diaryl/α,β-unsaturated/α-hetero) is 1. The highest BCUT2D eigenvalue weighted by atomic mass is 16.5. The van der Waals surface area contributed by atoms with Gasteiger partial charge in [0.15, 0.2) is 5.78 Å². The summed E-state index contributed by atoms with van der Waals surface area (Å²) < 4.78 is 5.30. The van der Waals surface area contributed by atoms with Crippen molar-refractivity contribution in [2.75, 3.05) is 7.11 Å². The van der Waals surface area contributed by atoms with Crippen LogP contribution in [0.3, 0.4) is 0 Å². The Labute approximate surface area is 96.6 Å². The van der Waals surface area contributed by atoms with Gasteiger partial charge in [0.1, 0.15) is 5.75 Å². The molecule has 0 aliphatic carbocycles. The van der Waals surface area contributed by atoms with E-state index in [1.807, 2.05) is 19.9 Å². The number of nitrogens with two attached hydrogens (primary N) is 1. The van der Waals surface area contributed by atoms with Gasteiger partial charge in [-0.2, -0.15) is 0 Å². The van der Waals surface area contributed by atoms with E-state index in [1.54, 1.807) is 27.0 Å². The number of hydrogen-bond donors (Lipinski definition) is 1. The summed E-state index contributed by atoms with van der Waals surface area (Å²) in [5, 5.41) is 0. The zero-order chi connectivity index (χ0) is 12.5. The fraction of sp³-hybridized carbons (Fsp3) is 0.462. The fourth-order valence-corrected chi connectivity index (χ4v) is 1.58. The van der Waals surface area contributed by atoms with Crippen molar-refractivity contribution in [2.45, 2.75) is 33.2 Å². The second-order valence-electron chi connectivity index (χ2n) is 4.64. The first-order valence-corrected chi connectivity index (χ1v) is 5.27. The normalized spacial score (nSPS) is 11.4. The summed E-state index contributed by atoms with van der Waals surface area (Å²) in [6.45, 7) is 7.32. The van der Waals surface area contributed by atoms with E-state index in [9.17, 15) is 4.79 Å². The number of benzene rings is 1. The Bertz CT molecular complexity index is 417. The summed E-state index contributed by atoms with van der Waals surface area (Å²) in [5.41, 5.74) is 7.58. The van der Waals surface area contributed by atoms with Gasteiger partial charge in [0.2, 0.25) is 0 Å². The Hall–Kier alpha value is -1.35. The van der Waals surface area contributed by atoms with Gasteiger partial charge in [0.05, 0.1) is 18.2 Å². The molecule has 0 atom stereocenters. The molecule has 1 aromatic rings. The lowest BCUT2D eigenvalue weighted by molar-refractivity contribution is 0.0910. The summed E-state index contributed by atoms with van der Waals surface area (Å²) in [5.74, 6) is 0.524. The van der Waals surface area contributed by atoms with E-state index >= 15 is 0 Å². The summed E-state index contributed by atoms with van der Waals surface area (Å²) in [6.07, 6.45) is 0. The standard InChI is InChI=1S/C13H19NO2/c1-8-6-7-10(11(16-5)9(8)2)12(15)13(3,4)14/h6-7H,14H2,1-5H3. The predicted molar refractivity (Wildman–Crippen MR) is 65.1 cm³/mol. The second kappa shape index (κ2) is 4.26. The molecule has 0 saturated heterocycles. The monoisotopic (exact) mass is 221 g/mol. The van der Waals surface area contributed by atoms with Gasteiger partial charge in [-0.3, -0.25) is 4.79 Å². The number of carbonyl (C=O) groups is 1. The van der Waals surface area contributed by atoms with Gasteiger partial charge in [-0.05, 0) is 44.9 Å². The van der Waals surface area contributed by atoms with Crippen molar-refractivity contribution in [2.24, 2.45) is 5.73 Å². The molecule has 0 fully saturated rings. The molecule has 1 aromatic carbocycles. The van der Waals surface area contributed by atoms with Gasteiger partial charge in [0.25, 0.3) is 0 Å². The number of carbonyl (C=O) groups excluding carboxylic acids is 1. The van der Waals surface area contributed by atoms with E-state index in [0.717, 1.165) is 11.1 Å². The van der Waals surface area contributed by atoms with Crippen molar-refractivity contribution in [3.63, 3.8) is 0 Å². The van der Waals surface area contributed by atoms with Crippen LogP contribution >= 0.6 is 0 Å². The van der Waals surface area contributed by atoms with Crippen LogP contribution in [0, 0.1) is 13.8 Å². The van der Waals surface area contributed by atoms with Crippen LogP contribution in [0.5, 0.6) is 5.75 Å². The molecule has 0 radical (unpaired) electrons. The Morgan fingerprint density at radius 2 is 1.88 bits per heavy atom. The molecular formula is C13H19NO2. The summed E-state index contributed by atoms with van der Waals surface area (Å²) >= 11 is 0. The first-order chi connectivity index (χ1) is 7.29. The molecule has 0 saturated carbocycles.